The van der Waals surface area contributed by atoms with Crippen LogP contribution in [0.25, 0.3) is 0 Å². The van der Waals surface area contributed by atoms with Gasteiger partial charge in [-0.05, 0) is 20.8 Å². The second-order valence-corrected chi connectivity index (χ2v) is 2.59. The summed E-state index contributed by atoms with van der Waals surface area (Å²) < 4.78 is 5.30. The van der Waals surface area contributed by atoms with Gasteiger partial charge in [-0.25, -0.2) is 0 Å². The van der Waals surface area contributed by atoms with E-state index < -0.39 is 0 Å². The van der Waals surface area contributed by atoms with Crippen LogP contribution in [0, 0.1) is 5.41 Å². The molecule has 0 atom stereocenters. The van der Waals surface area contributed by atoms with Crippen molar-refractivity contribution >= 4 is 12.6 Å². The summed E-state index contributed by atoms with van der Waals surface area (Å²) >= 11 is 0. The molecule has 0 aromatic rings. The molecule has 0 heterocycles. The molecule has 0 bridgehead atoms. The quantitative estimate of drug-likeness (QED) is 0.372. The van der Waals surface area contributed by atoms with E-state index in [2.05, 4.69) is 5.10 Å². The minimum atomic E-state index is 0.239. The van der Waals surface area contributed by atoms with E-state index in [4.69, 9.17) is 10.1 Å². The molecule has 0 aromatic heterocycles. The number of nitrogens with one attached hydrogen (secondary N) is 1. The molecule has 0 saturated heterocycles. The van der Waals surface area contributed by atoms with Crippen molar-refractivity contribution in [2.75, 3.05) is 13.2 Å². The van der Waals surface area contributed by atoms with Crippen molar-refractivity contribution in [3.63, 3.8) is 0 Å². The van der Waals surface area contributed by atoms with Crippen LogP contribution >= 0.6 is 0 Å². The van der Waals surface area contributed by atoms with Crippen molar-refractivity contribution in [3.8, 4) is 0 Å². The van der Waals surface area contributed by atoms with Gasteiger partial charge in [0.1, 0.15) is 6.34 Å². The standard InChI is InChI=1S/C8H17N3O/c1-4-10-11(7-9)5-6-12-8(2)3/h4,7-9H,5-6H2,1-3H3/b9-7?,10-4-. The smallest absolute Gasteiger partial charge is 0.103 e. The largest absolute Gasteiger partial charge is 0.377 e. The number of hydrogen-bond donors (Lipinski definition) is 1. The topological polar surface area (TPSA) is 48.7 Å². The molecule has 0 aliphatic rings. The molecule has 0 aromatic carbocycles. The summed E-state index contributed by atoms with van der Waals surface area (Å²) in [5, 5.41) is 12.4. The van der Waals surface area contributed by atoms with Crippen LogP contribution in [0.15, 0.2) is 5.10 Å². The Bertz CT molecular complexity index is 145. The van der Waals surface area contributed by atoms with Gasteiger partial charge in [0, 0.05) is 6.21 Å². The second kappa shape index (κ2) is 6.79. The zero-order valence-electron chi connectivity index (χ0n) is 7.95. The van der Waals surface area contributed by atoms with Crippen LogP contribution in [0.4, 0.5) is 0 Å². The third-order valence-corrected chi connectivity index (χ3v) is 1.18. The first-order valence-corrected chi connectivity index (χ1v) is 4.08. The fraction of sp³-hybridized carbons (Fsp3) is 0.750. The highest BCUT2D eigenvalue weighted by molar-refractivity contribution is 5.57. The Balaban J connectivity index is 3.51. The maximum atomic E-state index is 6.98. The van der Waals surface area contributed by atoms with Gasteiger partial charge in [-0.15, -0.1) is 0 Å². The lowest BCUT2D eigenvalue weighted by Crippen LogP contribution is -2.21. The van der Waals surface area contributed by atoms with Crippen LogP contribution in [-0.2, 0) is 4.74 Å². The zero-order valence-corrected chi connectivity index (χ0v) is 7.95. The predicted octanol–water partition coefficient (Wildman–Crippen LogP) is 1.33. The van der Waals surface area contributed by atoms with Gasteiger partial charge in [-0.1, -0.05) is 0 Å². The Morgan fingerprint density at radius 1 is 1.58 bits per heavy atom. The molecule has 70 valence electrons. The van der Waals surface area contributed by atoms with E-state index in [-0.39, 0.29) is 6.10 Å². The molecule has 0 spiro atoms. The number of hydrogen-bond acceptors (Lipinski definition) is 3. The minimum absolute atomic E-state index is 0.239. The summed E-state index contributed by atoms with van der Waals surface area (Å²) in [6.45, 7) is 7.02. The highest BCUT2D eigenvalue weighted by Crippen LogP contribution is 1.89. The number of hydrazone groups is 1. The van der Waals surface area contributed by atoms with Crippen LogP contribution in [0.1, 0.15) is 20.8 Å². The summed E-state index contributed by atoms with van der Waals surface area (Å²) in [5.41, 5.74) is 0. The number of nitrogens with zero attached hydrogens (tertiary/aromatic N) is 2. The van der Waals surface area contributed by atoms with Crippen LogP contribution in [0.5, 0.6) is 0 Å². The fourth-order valence-corrected chi connectivity index (χ4v) is 0.686. The lowest BCUT2D eigenvalue weighted by Gasteiger charge is -2.13. The molecule has 0 fully saturated rings. The van der Waals surface area contributed by atoms with Gasteiger partial charge in [0.05, 0.1) is 19.3 Å². The van der Waals surface area contributed by atoms with Gasteiger partial charge in [0.25, 0.3) is 0 Å². The third kappa shape index (κ3) is 5.85. The molecular formula is C8H17N3O. The Morgan fingerprint density at radius 2 is 2.25 bits per heavy atom. The summed E-state index contributed by atoms with van der Waals surface area (Å²) in [7, 11) is 0. The SMILES string of the molecule is C/C=N\N(C=N)CCOC(C)C. The Kier molecular flexibility index (Phi) is 6.28. The van der Waals surface area contributed by atoms with Crippen LogP contribution in [0.3, 0.4) is 0 Å². The van der Waals surface area contributed by atoms with E-state index in [1.807, 2.05) is 20.8 Å². The van der Waals surface area contributed by atoms with E-state index in [9.17, 15) is 0 Å². The molecule has 0 unspecified atom stereocenters. The number of ether oxygens (including phenoxy) is 1. The van der Waals surface area contributed by atoms with Gasteiger partial charge >= 0.3 is 0 Å². The Labute approximate surface area is 73.7 Å². The minimum Gasteiger partial charge on any atom is -0.377 e. The maximum Gasteiger partial charge on any atom is 0.103 e. The molecule has 1 N–H and O–H groups in total. The molecule has 0 saturated carbocycles. The zero-order chi connectivity index (χ0) is 9.40. The van der Waals surface area contributed by atoms with Gasteiger partial charge in [-0.2, -0.15) is 5.10 Å². The maximum absolute atomic E-state index is 6.98. The lowest BCUT2D eigenvalue weighted by atomic mass is 10.5. The molecule has 0 amide bonds. The molecule has 4 heteroatoms. The van der Waals surface area contributed by atoms with Gasteiger partial charge in [0.2, 0.25) is 0 Å². The van der Waals surface area contributed by atoms with Gasteiger partial charge < -0.3 is 4.74 Å². The van der Waals surface area contributed by atoms with E-state index >= 15 is 0 Å². The summed E-state index contributed by atoms with van der Waals surface area (Å²) in [6, 6.07) is 0. The fourth-order valence-electron chi connectivity index (χ4n) is 0.686. The average molecular weight is 171 g/mol. The Morgan fingerprint density at radius 3 is 2.67 bits per heavy atom. The Hall–Kier alpha value is -0.900. The van der Waals surface area contributed by atoms with Crippen molar-refractivity contribution in [3.05, 3.63) is 0 Å². The van der Waals surface area contributed by atoms with Crippen LogP contribution in [-0.4, -0.2) is 36.8 Å². The van der Waals surface area contributed by atoms with Crippen molar-refractivity contribution in [1.82, 2.24) is 5.01 Å². The number of rotatable bonds is 6. The van der Waals surface area contributed by atoms with Crippen molar-refractivity contribution in [2.24, 2.45) is 5.10 Å². The summed E-state index contributed by atoms with van der Waals surface area (Å²) in [5.74, 6) is 0. The van der Waals surface area contributed by atoms with E-state index in [0.717, 1.165) is 0 Å². The van der Waals surface area contributed by atoms with Crippen molar-refractivity contribution in [2.45, 2.75) is 26.9 Å². The normalized spacial score (nSPS) is 11.0. The first kappa shape index (κ1) is 11.1. The monoisotopic (exact) mass is 171 g/mol. The molecule has 0 radical (unpaired) electrons. The van der Waals surface area contributed by atoms with Gasteiger partial charge in [0.15, 0.2) is 0 Å². The van der Waals surface area contributed by atoms with E-state index in [0.29, 0.717) is 13.2 Å². The third-order valence-electron chi connectivity index (χ3n) is 1.18. The van der Waals surface area contributed by atoms with Crippen molar-refractivity contribution in [1.29, 1.82) is 5.41 Å². The first-order valence-electron chi connectivity index (χ1n) is 4.08. The summed E-state index contributed by atoms with van der Waals surface area (Å²) in [6.07, 6.45) is 3.08. The predicted molar refractivity (Wildman–Crippen MR) is 50.7 cm³/mol. The molecule has 0 aliphatic carbocycles. The first-order chi connectivity index (χ1) is 5.70. The van der Waals surface area contributed by atoms with Crippen molar-refractivity contribution < 1.29 is 4.74 Å². The molecule has 0 aliphatic heterocycles. The van der Waals surface area contributed by atoms with Crippen LogP contribution < -0.4 is 0 Å². The molecule has 4 nitrogen and oxygen atoms in total. The molecule has 0 rings (SSSR count). The lowest BCUT2D eigenvalue weighted by molar-refractivity contribution is 0.0708. The summed E-state index contributed by atoms with van der Waals surface area (Å²) in [4.78, 5) is 0. The van der Waals surface area contributed by atoms with Crippen LogP contribution in [0.2, 0.25) is 0 Å². The average Bonchev–Trinajstić information content (AvgIpc) is 2.02. The van der Waals surface area contributed by atoms with E-state index in [1.54, 1.807) is 6.21 Å². The second-order valence-electron chi connectivity index (χ2n) is 2.59. The molecular weight excluding hydrogens is 154 g/mol. The molecule has 12 heavy (non-hydrogen) atoms. The van der Waals surface area contributed by atoms with Gasteiger partial charge in [-0.3, -0.25) is 10.4 Å². The van der Waals surface area contributed by atoms with E-state index in [1.165, 1.54) is 11.3 Å². The highest BCUT2D eigenvalue weighted by Gasteiger charge is 1.96. The highest BCUT2D eigenvalue weighted by atomic mass is 16.5.